The number of aryl methyl sites for hydroxylation is 1. The molecule has 1 heterocycles. The van der Waals surface area contributed by atoms with E-state index in [1.165, 1.54) is 0 Å². The maximum Gasteiger partial charge on any atom is 0.323 e. The molecule has 0 bridgehead atoms. The van der Waals surface area contributed by atoms with Gasteiger partial charge in [-0.2, -0.15) is 0 Å². The molecule has 0 amide bonds. The van der Waals surface area contributed by atoms with E-state index in [1.54, 1.807) is 17.7 Å². The second-order valence-electron chi connectivity index (χ2n) is 3.56. The number of carboxylic acid groups (broad SMARTS) is 1. The second-order valence-corrected chi connectivity index (χ2v) is 3.56. The van der Waals surface area contributed by atoms with Gasteiger partial charge in [-0.3, -0.25) is 4.79 Å². The van der Waals surface area contributed by atoms with Gasteiger partial charge in [-0.25, -0.2) is 4.98 Å². The van der Waals surface area contributed by atoms with Crippen molar-refractivity contribution >= 4 is 5.97 Å². The highest BCUT2D eigenvalue weighted by Gasteiger charge is 2.07. The fraction of sp³-hybridized carbons (Fsp3) is 0.167. The Labute approximate surface area is 93.2 Å². The zero-order chi connectivity index (χ0) is 11.5. The number of benzene rings is 1. The average molecular weight is 216 g/mol. The zero-order valence-electron chi connectivity index (χ0n) is 8.92. The summed E-state index contributed by atoms with van der Waals surface area (Å²) in [5, 5.41) is 8.72. The minimum absolute atomic E-state index is 0.0499. The summed E-state index contributed by atoms with van der Waals surface area (Å²) in [6.45, 7) is 1.75. The van der Waals surface area contributed by atoms with Crippen LogP contribution in [0.25, 0.3) is 11.3 Å². The molecule has 4 nitrogen and oxygen atoms in total. The Bertz CT molecular complexity index is 503. The van der Waals surface area contributed by atoms with E-state index in [9.17, 15) is 4.79 Å². The summed E-state index contributed by atoms with van der Waals surface area (Å²) in [6.07, 6.45) is 1.76. The van der Waals surface area contributed by atoms with Crippen molar-refractivity contribution in [1.29, 1.82) is 0 Å². The third-order valence-electron chi connectivity index (χ3n) is 2.35. The van der Waals surface area contributed by atoms with Gasteiger partial charge in [0.1, 0.15) is 12.4 Å². The van der Waals surface area contributed by atoms with Gasteiger partial charge in [0, 0.05) is 11.8 Å². The molecular formula is C12H12N2O2. The topological polar surface area (TPSA) is 55.1 Å². The Hall–Kier alpha value is -2.10. The van der Waals surface area contributed by atoms with Crippen molar-refractivity contribution in [3.63, 3.8) is 0 Å². The maximum atomic E-state index is 10.6. The normalized spacial score (nSPS) is 10.3. The minimum atomic E-state index is -0.861. The molecule has 4 heteroatoms. The first-order chi connectivity index (χ1) is 7.66. The molecule has 2 aromatic rings. The van der Waals surface area contributed by atoms with E-state index in [4.69, 9.17) is 5.11 Å². The molecule has 2 rings (SSSR count). The smallest absolute Gasteiger partial charge is 0.323 e. The lowest BCUT2D eigenvalue weighted by atomic mass is 10.2. The average Bonchev–Trinajstić information content (AvgIpc) is 2.61. The number of rotatable bonds is 3. The highest BCUT2D eigenvalue weighted by molar-refractivity contribution is 5.67. The van der Waals surface area contributed by atoms with Gasteiger partial charge in [0.05, 0.1) is 5.69 Å². The summed E-state index contributed by atoms with van der Waals surface area (Å²) in [5.41, 5.74) is 1.80. The Morgan fingerprint density at radius 1 is 1.38 bits per heavy atom. The Morgan fingerprint density at radius 2 is 2.06 bits per heavy atom. The molecule has 0 saturated carbocycles. The van der Waals surface area contributed by atoms with E-state index < -0.39 is 5.97 Å². The number of carboxylic acids is 1. The molecule has 0 unspecified atom stereocenters. The quantitative estimate of drug-likeness (QED) is 0.853. The predicted molar refractivity (Wildman–Crippen MR) is 60.0 cm³/mol. The fourth-order valence-electron chi connectivity index (χ4n) is 1.56. The molecule has 0 spiro atoms. The lowest BCUT2D eigenvalue weighted by molar-refractivity contribution is -0.137. The molecule has 0 saturated heterocycles. The van der Waals surface area contributed by atoms with Crippen molar-refractivity contribution < 1.29 is 9.90 Å². The van der Waals surface area contributed by atoms with Crippen molar-refractivity contribution in [1.82, 2.24) is 9.55 Å². The van der Waals surface area contributed by atoms with Gasteiger partial charge in [0.2, 0.25) is 0 Å². The molecule has 0 aliphatic rings. The summed E-state index contributed by atoms with van der Waals surface area (Å²) in [7, 11) is 0. The van der Waals surface area contributed by atoms with Gasteiger partial charge in [-0.05, 0) is 6.92 Å². The minimum Gasteiger partial charge on any atom is -0.480 e. The monoisotopic (exact) mass is 216 g/mol. The Balaban J connectivity index is 2.34. The van der Waals surface area contributed by atoms with Gasteiger partial charge in [0.25, 0.3) is 0 Å². The lowest BCUT2D eigenvalue weighted by Gasteiger charge is -1.97. The van der Waals surface area contributed by atoms with Crippen LogP contribution in [0.3, 0.4) is 0 Å². The van der Waals surface area contributed by atoms with Crippen molar-refractivity contribution in [2.45, 2.75) is 13.5 Å². The van der Waals surface area contributed by atoms with E-state index in [2.05, 4.69) is 4.98 Å². The number of hydrogen-bond acceptors (Lipinski definition) is 2. The molecule has 1 aromatic carbocycles. The Kier molecular flexibility index (Phi) is 2.72. The van der Waals surface area contributed by atoms with E-state index in [0.717, 1.165) is 11.3 Å². The first-order valence-electron chi connectivity index (χ1n) is 4.98. The van der Waals surface area contributed by atoms with Crippen molar-refractivity contribution in [3.8, 4) is 11.3 Å². The van der Waals surface area contributed by atoms with Crippen LogP contribution in [-0.2, 0) is 11.3 Å². The van der Waals surface area contributed by atoms with Gasteiger partial charge < -0.3 is 9.67 Å². The van der Waals surface area contributed by atoms with Gasteiger partial charge in [-0.15, -0.1) is 0 Å². The molecule has 16 heavy (non-hydrogen) atoms. The summed E-state index contributed by atoms with van der Waals surface area (Å²) < 4.78 is 1.63. The van der Waals surface area contributed by atoms with E-state index >= 15 is 0 Å². The number of nitrogens with zero attached hydrogens (tertiary/aromatic N) is 2. The molecule has 0 atom stereocenters. The highest BCUT2D eigenvalue weighted by atomic mass is 16.4. The number of aromatic nitrogens is 2. The molecule has 0 radical (unpaired) electrons. The first-order valence-corrected chi connectivity index (χ1v) is 4.98. The molecule has 0 fully saturated rings. The van der Waals surface area contributed by atoms with E-state index in [-0.39, 0.29) is 6.54 Å². The second kappa shape index (κ2) is 4.18. The molecule has 82 valence electrons. The van der Waals surface area contributed by atoms with Gasteiger partial charge >= 0.3 is 5.97 Å². The molecular weight excluding hydrogens is 204 g/mol. The first kappa shape index (κ1) is 10.4. The van der Waals surface area contributed by atoms with Crippen LogP contribution in [0.1, 0.15) is 5.82 Å². The predicted octanol–water partition coefficient (Wildman–Crippen LogP) is 1.94. The molecule has 1 aromatic heterocycles. The van der Waals surface area contributed by atoms with Gasteiger partial charge in [-0.1, -0.05) is 30.3 Å². The van der Waals surface area contributed by atoms with Crippen LogP contribution in [0.2, 0.25) is 0 Å². The molecule has 1 N–H and O–H groups in total. The van der Waals surface area contributed by atoms with Crippen LogP contribution in [0.15, 0.2) is 36.5 Å². The number of hydrogen-bond donors (Lipinski definition) is 1. The van der Waals surface area contributed by atoms with Crippen LogP contribution in [0.4, 0.5) is 0 Å². The van der Waals surface area contributed by atoms with Gasteiger partial charge in [0.15, 0.2) is 0 Å². The summed E-state index contributed by atoms with van der Waals surface area (Å²) >= 11 is 0. The maximum absolute atomic E-state index is 10.6. The summed E-state index contributed by atoms with van der Waals surface area (Å²) in [6, 6.07) is 9.70. The van der Waals surface area contributed by atoms with E-state index in [0.29, 0.717) is 5.82 Å². The van der Waals surface area contributed by atoms with Crippen molar-refractivity contribution in [2.24, 2.45) is 0 Å². The number of aliphatic carboxylic acids is 1. The summed E-state index contributed by atoms with van der Waals surface area (Å²) in [5.74, 6) is -0.152. The SMILES string of the molecule is Cc1nc(-c2ccccc2)cn1CC(=O)O. The summed E-state index contributed by atoms with van der Waals surface area (Å²) in [4.78, 5) is 15.0. The molecule has 0 aliphatic carbocycles. The lowest BCUT2D eigenvalue weighted by Crippen LogP contribution is -2.08. The van der Waals surface area contributed by atoms with E-state index in [1.807, 2.05) is 30.3 Å². The number of imidazole rings is 1. The van der Waals surface area contributed by atoms with Crippen LogP contribution >= 0.6 is 0 Å². The Morgan fingerprint density at radius 3 is 2.69 bits per heavy atom. The standard InChI is InChI=1S/C12H12N2O2/c1-9-13-11(7-14(9)8-12(15)16)10-5-3-2-4-6-10/h2-7H,8H2,1H3,(H,15,16). The highest BCUT2D eigenvalue weighted by Crippen LogP contribution is 2.17. The molecule has 0 aliphatic heterocycles. The largest absolute Gasteiger partial charge is 0.480 e. The van der Waals surface area contributed by atoms with Crippen LogP contribution < -0.4 is 0 Å². The van der Waals surface area contributed by atoms with Crippen LogP contribution in [0, 0.1) is 6.92 Å². The van der Waals surface area contributed by atoms with Crippen molar-refractivity contribution in [3.05, 3.63) is 42.4 Å². The third kappa shape index (κ3) is 2.11. The third-order valence-corrected chi connectivity index (χ3v) is 2.35. The number of carbonyl (C=O) groups is 1. The fourth-order valence-corrected chi connectivity index (χ4v) is 1.56. The van der Waals surface area contributed by atoms with Crippen molar-refractivity contribution in [2.75, 3.05) is 0 Å². The zero-order valence-corrected chi connectivity index (χ0v) is 8.92. The van der Waals surface area contributed by atoms with Crippen LogP contribution in [-0.4, -0.2) is 20.6 Å². The van der Waals surface area contributed by atoms with Crippen LogP contribution in [0.5, 0.6) is 0 Å².